The number of hydrogen-bond acceptors (Lipinski definition) is 9. The van der Waals surface area contributed by atoms with E-state index in [1.165, 1.54) is 11.0 Å². The number of nitrogens with zero attached hydrogens (tertiary/aromatic N) is 2. The summed E-state index contributed by atoms with van der Waals surface area (Å²) in [7, 11) is -3.86. The minimum absolute atomic E-state index is 0.0372. The number of amides is 3. The summed E-state index contributed by atoms with van der Waals surface area (Å²) in [6, 6.07) is 7.00. The molecule has 13 heteroatoms. The van der Waals surface area contributed by atoms with Crippen LogP contribution in [0.3, 0.4) is 0 Å². The van der Waals surface area contributed by atoms with Crippen molar-refractivity contribution in [2.45, 2.75) is 106 Å². The van der Waals surface area contributed by atoms with Crippen molar-refractivity contribution in [1.82, 2.24) is 19.9 Å². The normalized spacial score (nSPS) is 29.5. The summed E-state index contributed by atoms with van der Waals surface area (Å²) in [5.74, 6) is -2.91. The van der Waals surface area contributed by atoms with Crippen LogP contribution in [0.2, 0.25) is 0 Å². The van der Waals surface area contributed by atoms with Gasteiger partial charge in [0.1, 0.15) is 17.7 Å². The van der Waals surface area contributed by atoms with Gasteiger partial charge in [-0.15, -0.1) is 6.58 Å². The number of esters is 1. The molecule has 4 fully saturated rings. The third-order valence-electron chi connectivity index (χ3n) is 11.2. The molecule has 5 aliphatic rings. The Bertz CT molecular complexity index is 1790. The molecule has 2 aromatic rings. The molecule has 2 aliphatic heterocycles. The number of pyridine rings is 1. The monoisotopic (exact) mass is 706 g/mol. The summed E-state index contributed by atoms with van der Waals surface area (Å²) in [4.78, 5) is 61.7. The molecule has 0 unspecified atom stereocenters. The molecule has 0 spiro atoms. The molecule has 1 aromatic carbocycles. The number of nitrogens with one attached hydrogen (secondary N) is 2. The first-order chi connectivity index (χ1) is 24.1. The maximum absolute atomic E-state index is 14.6. The van der Waals surface area contributed by atoms with Crippen molar-refractivity contribution in [1.29, 1.82) is 0 Å². The fourth-order valence-electron chi connectivity index (χ4n) is 8.05. The zero-order valence-corrected chi connectivity index (χ0v) is 29.1. The zero-order valence-electron chi connectivity index (χ0n) is 28.3. The fourth-order valence-corrected chi connectivity index (χ4v) is 9.41. The summed E-state index contributed by atoms with van der Waals surface area (Å²) < 4.78 is 39.7. The van der Waals surface area contributed by atoms with Gasteiger partial charge in [-0.3, -0.25) is 23.9 Å². The maximum Gasteiger partial charge on any atom is 0.306 e. The number of aryl methyl sites for hydroxylation is 1. The first kappa shape index (κ1) is 34.4. The van der Waals surface area contributed by atoms with Crippen LogP contribution in [0, 0.1) is 17.8 Å². The predicted molar refractivity (Wildman–Crippen MR) is 184 cm³/mol. The van der Waals surface area contributed by atoms with Gasteiger partial charge in [0.2, 0.25) is 27.7 Å². The van der Waals surface area contributed by atoms with Crippen molar-refractivity contribution in [3.8, 4) is 5.88 Å². The molecule has 2 N–H and O–H groups in total. The minimum atomic E-state index is -3.86. The number of ether oxygens (including phenoxy) is 2. The number of rotatable bonds is 7. The van der Waals surface area contributed by atoms with Crippen LogP contribution >= 0.6 is 0 Å². The van der Waals surface area contributed by atoms with Gasteiger partial charge < -0.3 is 19.7 Å². The van der Waals surface area contributed by atoms with E-state index in [1.807, 2.05) is 18.2 Å². The summed E-state index contributed by atoms with van der Waals surface area (Å²) in [5.41, 5.74) is -0.403. The molecular weight excluding hydrogens is 660 g/mol. The molecule has 50 heavy (non-hydrogen) atoms. The number of benzene rings is 1. The predicted octanol–water partition coefficient (Wildman–Crippen LogP) is 3.72. The minimum Gasteiger partial charge on any atom is -0.472 e. The van der Waals surface area contributed by atoms with Gasteiger partial charge in [0.15, 0.2) is 0 Å². The largest absolute Gasteiger partial charge is 0.472 e. The van der Waals surface area contributed by atoms with Crippen molar-refractivity contribution in [2.24, 2.45) is 17.8 Å². The van der Waals surface area contributed by atoms with Gasteiger partial charge in [0, 0.05) is 23.9 Å². The number of aromatic nitrogens is 1. The lowest BCUT2D eigenvalue weighted by Crippen LogP contribution is -2.57. The molecule has 5 atom stereocenters. The van der Waals surface area contributed by atoms with E-state index in [9.17, 15) is 27.6 Å². The van der Waals surface area contributed by atoms with E-state index >= 15 is 0 Å². The first-order valence-electron chi connectivity index (χ1n) is 18.1. The van der Waals surface area contributed by atoms with E-state index in [0.717, 1.165) is 61.3 Å². The summed E-state index contributed by atoms with van der Waals surface area (Å²) in [6.45, 7) is 4.13. The number of sulfonamides is 1. The Hall–Kier alpha value is -4.00. The maximum atomic E-state index is 14.6. The molecule has 12 nitrogen and oxygen atoms in total. The zero-order chi connectivity index (χ0) is 35.0. The highest BCUT2D eigenvalue weighted by atomic mass is 32.2. The quantitative estimate of drug-likeness (QED) is 0.323. The first-order valence-corrected chi connectivity index (χ1v) is 19.6. The molecule has 268 valence electrons. The van der Waals surface area contributed by atoms with Crippen LogP contribution in [0.1, 0.15) is 82.6 Å². The van der Waals surface area contributed by atoms with E-state index in [-0.39, 0.29) is 44.2 Å². The van der Waals surface area contributed by atoms with Gasteiger partial charge in [0.25, 0.3) is 5.91 Å². The highest BCUT2D eigenvalue weighted by Gasteiger charge is 2.62. The molecule has 1 saturated heterocycles. The third-order valence-corrected chi connectivity index (χ3v) is 13.0. The average molecular weight is 707 g/mol. The van der Waals surface area contributed by atoms with Crippen molar-refractivity contribution >= 4 is 44.5 Å². The summed E-state index contributed by atoms with van der Waals surface area (Å²) in [5, 5.41) is 4.01. The topological polar surface area (TPSA) is 161 Å². The van der Waals surface area contributed by atoms with Crippen molar-refractivity contribution < 1.29 is 37.1 Å². The Morgan fingerprint density at radius 2 is 1.84 bits per heavy atom. The van der Waals surface area contributed by atoms with Gasteiger partial charge >= 0.3 is 5.97 Å². The average Bonchev–Trinajstić information content (AvgIpc) is 4.04. The Morgan fingerprint density at radius 3 is 2.58 bits per heavy atom. The van der Waals surface area contributed by atoms with Crippen molar-refractivity contribution in [3.63, 3.8) is 0 Å². The standard InChI is InChI=1S/C37H46N4O8S/c1-2-26-21-37(26,36(45)40-50(46,47)28-13-14-28)39-33(43)31-19-27-22-41(31)35(44)30(24-9-4-3-5-10-24)20-32(42)48-17-7-6-8-23-11-12-25-15-16-38-34(49-27)29(25)18-23/h2,11-12,15-16,18,24,26-28,30-31H,1,3-10,13-14,17,19-22H2,(H,39,43)(H,40,45)/t26-,27-,30+,31+,37-/m1/s1. The molecule has 3 amide bonds. The van der Waals surface area contributed by atoms with Gasteiger partial charge in [-0.25, -0.2) is 13.4 Å². The van der Waals surface area contributed by atoms with E-state index in [1.54, 1.807) is 6.20 Å². The third kappa shape index (κ3) is 7.11. The van der Waals surface area contributed by atoms with Crippen LogP contribution in [0.15, 0.2) is 43.1 Å². The molecule has 0 radical (unpaired) electrons. The number of carbonyl (C=O) groups is 4. The highest BCUT2D eigenvalue weighted by Crippen LogP contribution is 2.46. The second-order valence-electron chi connectivity index (χ2n) is 14.7. The van der Waals surface area contributed by atoms with Crippen molar-refractivity contribution in [3.05, 3.63) is 48.7 Å². The lowest BCUT2D eigenvalue weighted by Gasteiger charge is -2.34. The van der Waals surface area contributed by atoms with E-state index in [2.05, 4.69) is 27.7 Å². The van der Waals surface area contributed by atoms with E-state index < -0.39 is 62.6 Å². The van der Waals surface area contributed by atoms with Gasteiger partial charge in [-0.1, -0.05) is 37.5 Å². The van der Waals surface area contributed by atoms with Gasteiger partial charge in [-0.2, -0.15) is 0 Å². The summed E-state index contributed by atoms with van der Waals surface area (Å²) in [6.07, 6.45) is 10.7. The Kier molecular flexibility index (Phi) is 9.62. The van der Waals surface area contributed by atoms with Crippen molar-refractivity contribution in [2.75, 3.05) is 13.2 Å². The van der Waals surface area contributed by atoms with Crippen LogP contribution in [-0.4, -0.2) is 78.1 Å². The number of hydrogen-bond donors (Lipinski definition) is 2. The fraction of sp³-hybridized carbons (Fsp3) is 0.595. The summed E-state index contributed by atoms with van der Waals surface area (Å²) >= 11 is 0. The smallest absolute Gasteiger partial charge is 0.306 e. The highest BCUT2D eigenvalue weighted by molar-refractivity contribution is 7.91. The molecule has 3 saturated carbocycles. The molecule has 4 bridgehead atoms. The molecule has 7 rings (SSSR count). The Morgan fingerprint density at radius 1 is 1.04 bits per heavy atom. The van der Waals surface area contributed by atoms with Crippen LogP contribution in [0.25, 0.3) is 10.8 Å². The second-order valence-corrected chi connectivity index (χ2v) is 16.7. The Labute approximate surface area is 292 Å². The Balaban J connectivity index is 1.21. The molecular formula is C37H46N4O8S. The molecule has 1 aromatic heterocycles. The second kappa shape index (κ2) is 14.0. The van der Waals surface area contributed by atoms with Crippen LogP contribution < -0.4 is 14.8 Å². The van der Waals surface area contributed by atoms with Crippen LogP contribution in [0.5, 0.6) is 5.88 Å². The van der Waals surface area contributed by atoms with E-state index in [0.29, 0.717) is 25.1 Å². The number of fused-ring (bicyclic) bond motifs is 3. The lowest BCUT2D eigenvalue weighted by atomic mass is 9.77. The lowest BCUT2D eigenvalue weighted by molar-refractivity contribution is -0.152. The molecule has 3 aliphatic carbocycles. The van der Waals surface area contributed by atoms with Gasteiger partial charge in [-0.05, 0) is 80.4 Å². The number of carbonyl (C=O) groups excluding carboxylic acids is 4. The SMILES string of the molecule is C=C[C@@H]1C[C@]1(NC(=O)[C@@H]1C[C@@H]2CN1C(=O)[C@H](C1CCCCC1)CC(=O)OCCCCc1ccc3ccnc(c3c1)O2)C(=O)NS(=O)(=O)C1CC1. The van der Waals surface area contributed by atoms with Crippen LogP contribution in [-0.2, 0) is 40.4 Å². The van der Waals surface area contributed by atoms with Crippen LogP contribution in [0.4, 0.5) is 0 Å². The molecule has 3 heterocycles. The van der Waals surface area contributed by atoms with E-state index in [4.69, 9.17) is 9.47 Å². The number of cyclic esters (lactones) is 1. The van der Waals surface area contributed by atoms with Gasteiger partial charge in [0.05, 0.1) is 30.7 Å².